The first-order chi connectivity index (χ1) is 8.18. The third-order valence-electron chi connectivity index (χ3n) is 3.11. The predicted molar refractivity (Wildman–Crippen MR) is 69.5 cm³/mol. The summed E-state index contributed by atoms with van der Waals surface area (Å²) in [5.74, 6) is 0.215. The molecular formula is C13H16BrNO2. The molecule has 0 aromatic heterocycles. The monoisotopic (exact) mass is 297 g/mol. The van der Waals surface area contributed by atoms with Crippen LogP contribution in [0.3, 0.4) is 0 Å². The quantitative estimate of drug-likeness (QED) is 0.871. The highest BCUT2D eigenvalue weighted by Crippen LogP contribution is 2.19. The highest BCUT2D eigenvalue weighted by atomic mass is 79.9. The van der Waals surface area contributed by atoms with Gasteiger partial charge in [-0.2, -0.15) is 0 Å². The fourth-order valence-corrected chi connectivity index (χ4v) is 2.40. The summed E-state index contributed by atoms with van der Waals surface area (Å²) in [4.78, 5) is 11.8. The predicted octanol–water partition coefficient (Wildman–Crippen LogP) is 2.49. The van der Waals surface area contributed by atoms with Gasteiger partial charge in [-0.15, -0.1) is 0 Å². The highest BCUT2D eigenvalue weighted by molar-refractivity contribution is 9.10. The van der Waals surface area contributed by atoms with Crippen LogP contribution in [0.2, 0.25) is 0 Å². The minimum Gasteiger partial charge on any atom is -0.460 e. The lowest BCUT2D eigenvalue weighted by Gasteiger charge is -2.14. The fraction of sp³-hybridized carbons (Fsp3) is 0.462. The summed E-state index contributed by atoms with van der Waals surface area (Å²) >= 11 is 3.43. The van der Waals surface area contributed by atoms with Gasteiger partial charge in [0.1, 0.15) is 12.6 Å². The van der Waals surface area contributed by atoms with Crippen LogP contribution in [0.25, 0.3) is 0 Å². The number of hydrogen-bond donors (Lipinski definition) is 1. The van der Waals surface area contributed by atoms with E-state index >= 15 is 0 Å². The largest absolute Gasteiger partial charge is 0.460 e. The lowest BCUT2D eigenvalue weighted by molar-refractivity contribution is -0.148. The van der Waals surface area contributed by atoms with Crippen LogP contribution in [0, 0.1) is 5.92 Å². The van der Waals surface area contributed by atoms with Gasteiger partial charge in [-0.1, -0.05) is 41.1 Å². The van der Waals surface area contributed by atoms with E-state index in [1.165, 1.54) is 0 Å². The molecule has 2 unspecified atom stereocenters. The normalized spacial score (nSPS) is 23.6. The van der Waals surface area contributed by atoms with E-state index in [0.29, 0.717) is 12.5 Å². The van der Waals surface area contributed by atoms with Crippen LogP contribution in [0.15, 0.2) is 28.7 Å². The van der Waals surface area contributed by atoms with Gasteiger partial charge in [0.15, 0.2) is 0 Å². The molecule has 1 aliphatic heterocycles. The second-order valence-electron chi connectivity index (χ2n) is 4.40. The van der Waals surface area contributed by atoms with E-state index in [1.54, 1.807) is 0 Å². The van der Waals surface area contributed by atoms with Crippen molar-refractivity contribution in [3.8, 4) is 0 Å². The molecule has 0 saturated carbocycles. The Bertz CT molecular complexity index is 408. The van der Waals surface area contributed by atoms with Crippen molar-refractivity contribution in [2.75, 3.05) is 6.54 Å². The summed E-state index contributed by atoms with van der Waals surface area (Å²) in [6.45, 7) is 3.30. The lowest BCUT2D eigenvalue weighted by Crippen LogP contribution is -2.36. The minimum atomic E-state index is -0.147. The zero-order chi connectivity index (χ0) is 12.3. The number of nitrogens with one attached hydrogen (secondary N) is 1. The molecule has 1 N–H and O–H groups in total. The molecule has 0 radical (unpaired) electrons. The Balaban J connectivity index is 1.90. The van der Waals surface area contributed by atoms with Crippen molar-refractivity contribution >= 4 is 21.9 Å². The first-order valence-corrected chi connectivity index (χ1v) is 6.61. The van der Waals surface area contributed by atoms with Crippen molar-refractivity contribution in [1.29, 1.82) is 0 Å². The minimum absolute atomic E-state index is 0.141. The summed E-state index contributed by atoms with van der Waals surface area (Å²) in [7, 11) is 0. The maximum absolute atomic E-state index is 11.8. The van der Waals surface area contributed by atoms with Crippen LogP contribution in [-0.4, -0.2) is 18.6 Å². The standard InChI is InChI=1S/C13H16BrNO2/c1-9-6-7-15-12(9)13(16)17-8-10-4-2-3-5-11(10)14/h2-5,9,12,15H,6-8H2,1H3. The van der Waals surface area contributed by atoms with Crippen molar-refractivity contribution in [3.63, 3.8) is 0 Å². The molecule has 1 saturated heterocycles. The summed E-state index contributed by atoms with van der Waals surface area (Å²) in [5.41, 5.74) is 0.992. The van der Waals surface area contributed by atoms with E-state index in [1.807, 2.05) is 24.3 Å². The third kappa shape index (κ3) is 3.07. The van der Waals surface area contributed by atoms with Gasteiger partial charge in [0.2, 0.25) is 0 Å². The molecule has 17 heavy (non-hydrogen) atoms. The molecule has 2 atom stereocenters. The molecule has 0 bridgehead atoms. The Morgan fingerprint density at radius 1 is 1.53 bits per heavy atom. The molecule has 3 nitrogen and oxygen atoms in total. The van der Waals surface area contributed by atoms with E-state index in [-0.39, 0.29) is 12.0 Å². The van der Waals surface area contributed by atoms with Crippen LogP contribution < -0.4 is 5.32 Å². The average molecular weight is 298 g/mol. The maximum atomic E-state index is 11.8. The lowest BCUT2D eigenvalue weighted by atomic mass is 10.0. The molecule has 1 aromatic carbocycles. The number of benzene rings is 1. The summed E-state index contributed by atoms with van der Waals surface area (Å²) < 4.78 is 6.30. The Hall–Kier alpha value is -0.870. The molecular weight excluding hydrogens is 282 g/mol. The second kappa shape index (κ2) is 5.65. The molecule has 1 heterocycles. The van der Waals surface area contributed by atoms with E-state index < -0.39 is 0 Å². The molecule has 0 aliphatic carbocycles. The molecule has 0 amide bonds. The summed E-state index contributed by atoms with van der Waals surface area (Å²) in [5, 5.41) is 3.17. The van der Waals surface area contributed by atoms with Crippen LogP contribution >= 0.6 is 15.9 Å². The molecule has 2 rings (SSSR count). The molecule has 0 spiro atoms. The smallest absolute Gasteiger partial charge is 0.323 e. The number of rotatable bonds is 3. The van der Waals surface area contributed by atoms with Crippen LogP contribution in [0.5, 0.6) is 0 Å². The van der Waals surface area contributed by atoms with Crippen molar-refractivity contribution in [2.24, 2.45) is 5.92 Å². The van der Waals surface area contributed by atoms with E-state index in [9.17, 15) is 4.79 Å². The topological polar surface area (TPSA) is 38.3 Å². The van der Waals surface area contributed by atoms with Gasteiger partial charge >= 0.3 is 5.97 Å². The first kappa shape index (κ1) is 12.6. The number of halogens is 1. The Labute approximate surface area is 110 Å². The number of carbonyl (C=O) groups excluding carboxylic acids is 1. The molecule has 1 aliphatic rings. The van der Waals surface area contributed by atoms with E-state index in [4.69, 9.17) is 4.74 Å². The fourth-order valence-electron chi connectivity index (χ4n) is 2.00. The summed E-state index contributed by atoms with van der Waals surface area (Å²) in [6, 6.07) is 7.63. The van der Waals surface area contributed by atoms with Gasteiger partial charge in [0.05, 0.1) is 0 Å². The zero-order valence-corrected chi connectivity index (χ0v) is 11.4. The van der Waals surface area contributed by atoms with Crippen LogP contribution in [0.1, 0.15) is 18.9 Å². The van der Waals surface area contributed by atoms with Crippen molar-refractivity contribution in [1.82, 2.24) is 5.32 Å². The van der Waals surface area contributed by atoms with E-state index in [2.05, 4.69) is 28.2 Å². The van der Waals surface area contributed by atoms with E-state index in [0.717, 1.165) is 23.0 Å². The molecule has 1 fully saturated rings. The number of hydrogen-bond acceptors (Lipinski definition) is 3. The van der Waals surface area contributed by atoms with Gasteiger partial charge in [-0.05, 0) is 24.9 Å². The Morgan fingerprint density at radius 3 is 2.94 bits per heavy atom. The number of carbonyl (C=O) groups is 1. The Kier molecular flexibility index (Phi) is 4.18. The second-order valence-corrected chi connectivity index (χ2v) is 5.25. The van der Waals surface area contributed by atoms with Crippen molar-refractivity contribution in [3.05, 3.63) is 34.3 Å². The van der Waals surface area contributed by atoms with Gasteiger partial charge in [-0.3, -0.25) is 4.79 Å². The van der Waals surface area contributed by atoms with Gasteiger partial charge in [-0.25, -0.2) is 0 Å². The van der Waals surface area contributed by atoms with Gasteiger partial charge in [0.25, 0.3) is 0 Å². The highest BCUT2D eigenvalue weighted by Gasteiger charge is 2.30. The average Bonchev–Trinajstić information content (AvgIpc) is 2.74. The maximum Gasteiger partial charge on any atom is 0.323 e. The molecule has 4 heteroatoms. The molecule has 1 aromatic rings. The third-order valence-corrected chi connectivity index (χ3v) is 3.89. The van der Waals surface area contributed by atoms with Crippen LogP contribution in [-0.2, 0) is 16.1 Å². The van der Waals surface area contributed by atoms with Gasteiger partial charge < -0.3 is 10.1 Å². The zero-order valence-electron chi connectivity index (χ0n) is 9.78. The SMILES string of the molecule is CC1CCNC1C(=O)OCc1ccccc1Br. The van der Waals surface area contributed by atoms with Crippen molar-refractivity contribution in [2.45, 2.75) is 26.0 Å². The van der Waals surface area contributed by atoms with Gasteiger partial charge in [0, 0.05) is 10.0 Å². The first-order valence-electron chi connectivity index (χ1n) is 5.82. The number of ether oxygens (including phenoxy) is 1. The number of esters is 1. The molecule has 92 valence electrons. The van der Waals surface area contributed by atoms with Crippen molar-refractivity contribution < 1.29 is 9.53 Å². The Morgan fingerprint density at radius 2 is 2.29 bits per heavy atom. The summed E-state index contributed by atoms with van der Waals surface area (Å²) in [6.07, 6.45) is 1.04. The van der Waals surface area contributed by atoms with Crippen LogP contribution in [0.4, 0.5) is 0 Å².